The molecule has 0 heterocycles. The molecule has 0 aromatic rings. The maximum Gasteiger partial charge on any atom is 0.334 e. The van der Waals surface area contributed by atoms with Crippen LogP contribution in [0.25, 0.3) is 0 Å². The van der Waals surface area contributed by atoms with Crippen molar-refractivity contribution in [2.45, 2.75) is 39.5 Å². The molecule has 94 valence electrons. The summed E-state index contributed by atoms with van der Waals surface area (Å²) in [5.74, 6) is -1.13. The third kappa shape index (κ3) is 5.87. The molecule has 6 heteroatoms. The minimum atomic E-state index is -1.76. The molecule has 0 aliphatic carbocycles. The Kier molecular flexibility index (Phi) is 6.28. The highest BCUT2D eigenvalue weighted by Gasteiger charge is 2.33. The van der Waals surface area contributed by atoms with E-state index in [0.29, 0.717) is 0 Å². The maximum absolute atomic E-state index is 11.6. The second-order valence-corrected chi connectivity index (χ2v) is 9.12. The van der Waals surface area contributed by atoms with Crippen molar-refractivity contribution in [3.05, 3.63) is 0 Å². The molecule has 0 atom stereocenters. The monoisotopic (exact) mass is 247 g/mol. The molecule has 0 saturated heterocycles. The van der Waals surface area contributed by atoms with Gasteiger partial charge in [-0.3, -0.25) is 0 Å². The van der Waals surface area contributed by atoms with Crippen LogP contribution in [0.4, 0.5) is 0 Å². The summed E-state index contributed by atoms with van der Waals surface area (Å²) in [4.78, 5) is 26.2. The van der Waals surface area contributed by atoms with E-state index >= 15 is 0 Å². The molecule has 0 aromatic heterocycles. The van der Waals surface area contributed by atoms with E-state index < -0.39 is 26.2 Å². The van der Waals surface area contributed by atoms with Crippen LogP contribution in [-0.4, -0.2) is 39.4 Å². The van der Waals surface area contributed by atoms with E-state index in [1.807, 2.05) is 19.6 Å². The first kappa shape index (κ1) is 15.1. The molecule has 1 N–H and O–H groups in total. The van der Waals surface area contributed by atoms with Gasteiger partial charge in [-0.05, 0) is 13.8 Å². The number of ether oxygens (including phenoxy) is 2. The van der Waals surface area contributed by atoms with Gasteiger partial charge in [0.1, 0.15) is 8.24 Å². The lowest BCUT2D eigenvalue weighted by Crippen LogP contribution is -2.55. The summed E-state index contributed by atoms with van der Waals surface area (Å²) < 4.78 is 9.67. The number of nitrogens with one attached hydrogen (secondary N) is 1. The fourth-order valence-corrected chi connectivity index (χ4v) is 2.20. The number of hydrogen-bond acceptors (Lipinski definition) is 5. The Balaban J connectivity index is 4.62. The molecule has 0 aromatic carbocycles. The van der Waals surface area contributed by atoms with E-state index in [2.05, 4.69) is 4.98 Å². The quantitative estimate of drug-likeness (QED) is 0.429. The smallest absolute Gasteiger partial charge is 0.334 e. The molecule has 16 heavy (non-hydrogen) atoms. The Bertz CT molecular complexity index is 232. The van der Waals surface area contributed by atoms with Crippen LogP contribution in [0.2, 0.25) is 19.6 Å². The van der Waals surface area contributed by atoms with Crippen molar-refractivity contribution in [2.24, 2.45) is 0 Å². The standard InChI is InChI=1S/C10H21NO4Si/c1-6-14-9(12)8(10(13)15-7-2)11-16(3,4)5/h8,11H,6-7H2,1-5H3. The van der Waals surface area contributed by atoms with Gasteiger partial charge in [0.2, 0.25) is 0 Å². The van der Waals surface area contributed by atoms with Crippen LogP contribution < -0.4 is 4.98 Å². The van der Waals surface area contributed by atoms with Crippen LogP contribution in [0.5, 0.6) is 0 Å². The van der Waals surface area contributed by atoms with Gasteiger partial charge in [0.25, 0.3) is 0 Å². The lowest BCUT2D eigenvalue weighted by molar-refractivity contribution is -0.157. The summed E-state index contributed by atoms with van der Waals surface area (Å²) in [5, 5.41) is 0. The van der Waals surface area contributed by atoms with Crippen LogP contribution in [0, 0.1) is 0 Å². The van der Waals surface area contributed by atoms with Gasteiger partial charge in [-0.2, -0.15) is 0 Å². The number of esters is 2. The van der Waals surface area contributed by atoms with Crippen molar-refractivity contribution in [2.75, 3.05) is 13.2 Å². The molecular formula is C10H21NO4Si. The second kappa shape index (κ2) is 6.65. The van der Waals surface area contributed by atoms with Gasteiger partial charge >= 0.3 is 11.9 Å². The van der Waals surface area contributed by atoms with Gasteiger partial charge in [0.05, 0.1) is 13.2 Å². The van der Waals surface area contributed by atoms with Crippen molar-refractivity contribution >= 4 is 20.2 Å². The number of rotatable bonds is 6. The Hall–Kier alpha value is -0.883. The molecule has 0 amide bonds. The second-order valence-electron chi connectivity index (χ2n) is 4.33. The normalized spacial score (nSPS) is 11.4. The highest BCUT2D eigenvalue weighted by atomic mass is 28.3. The number of carbonyl (C=O) groups excluding carboxylic acids is 2. The average Bonchev–Trinajstić information content (AvgIpc) is 2.13. The van der Waals surface area contributed by atoms with Gasteiger partial charge in [0.15, 0.2) is 6.04 Å². The maximum atomic E-state index is 11.6. The molecule has 0 rings (SSSR count). The SMILES string of the molecule is CCOC(=O)C(N[Si](C)(C)C)C(=O)OCC. The Morgan fingerprint density at radius 1 is 1.06 bits per heavy atom. The fourth-order valence-electron chi connectivity index (χ4n) is 1.10. The molecule has 0 fully saturated rings. The van der Waals surface area contributed by atoms with Crippen molar-refractivity contribution in [3.8, 4) is 0 Å². The zero-order valence-corrected chi connectivity index (χ0v) is 11.6. The summed E-state index contributed by atoms with van der Waals surface area (Å²) in [6.45, 7) is 9.91. The lowest BCUT2D eigenvalue weighted by Gasteiger charge is -2.24. The number of carbonyl (C=O) groups is 2. The summed E-state index contributed by atoms with van der Waals surface area (Å²) in [6.07, 6.45) is 0. The Morgan fingerprint density at radius 3 is 1.69 bits per heavy atom. The Labute approximate surface area is 97.6 Å². The first-order chi connectivity index (χ1) is 7.31. The van der Waals surface area contributed by atoms with Gasteiger partial charge in [-0.1, -0.05) is 19.6 Å². The summed E-state index contributed by atoms with van der Waals surface area (Å²) in [5.41, 5.74) is 0. The van der Waals surface area contributed by atoms with Crippen molar-refractivity contribution in [1.82, 2.24) is 4.98 Å². The van der Waals surface area contributed by atoms with E-state index in [1.165, 1.54) is 0 Å². The van der Waals surface area contributed by atoms with E-state index in [4.69, 9.17) is 9.47 Å². The van der Waals surface area contributed by atoms with Crippen LogP contribution in [-0.2, 0) is 19.1 Å². The van der Waals surface area contributed by atoms with Crippen LogP contribution in [0.3, 0.4) is 0 Å². The van der Waals surface area contributed by atoms with Crippen molar-refractivity contribution < 1.29 is 19.1 Å². The van der Waals surface area contributed by atoms with Gasteiger partial charge in [0, 0.05) is 0 Å². The first-order valence-corrected chi connectivity index (χ1v) is 8.92. The van der Waals surface area contributed by atoms with Crippen molar-refractivity contribution in [3.63, 3.8) is 0 Å². The van der Waals surface area contributed by atoms with Crippen molar-refractivity contribution in [1.29, 1.82) is 0 Å². The molecule has 0 unspecified atom stereocenters. The average molecular weight is 247 g/mol. The third-order valence-electron chi connectivity index (χ3n) is 1.62. The minimum Gasteiger partial charge on any atom is -0.464 e. The molecule has 5 nitrogen and oxygen atoms in total. The van der Waals surface area contributed by atoms with Gasteiger partial charge in [-0.15, -0.1) is 0 Å². The minimum absolute atomic E-state index is 0.252. The van der Waals surface area contributed by atoms with Crippen LogP contribution in [0.1, 0.15) is 13.8 Å². The molecule has 0 radical (unpaired) electrons. The molecule has 0 aliphatic rings. The fraction of sp³-hybridized carbons (Fsp3) is 0.800. The number of hydrogen-bond donors (Lipinski definition) is 1. The largest absolute Gasteiger partial charge is 0.464 e. The predicted octanol–water partition coefficient (Wildman–Crippen LogP) is 0.906. The first-order valence-electron chi connectivity index (χ1n) is 5.42. The third-order valence-corrected chi connectivity index (χ3v) is 2.78. The Morgan fingerprint density at radius 2 is 1.44 bits per heavy atom. The predicted molar refractivity (Wildman–Crippen MR) is 63.5 cm³/mol. The molecule has 0 spiro atoms. The highest BCUT2D eigenvalue weighted by Crippen LogP contribution is 2.02. The highest BCUT2D eigenvalue weighted by molar-refractivity contribution is 6.74. The van der Waals surface area contributed by atoms with Crippen LogP contribution >= 0.6 is 0 Å². The topological polar surface area (TPSA) is 64.6 Å². The zero-order chi connectivity index (χ0) is 12.8. The summed E-state index contributed by atoms with van der Waals surface area (Å²) in [7, 11) is -1.76. The van der Waals surface area contributed by atoms with E-state index in [9.17, 15) is 9.59 Å². The van der Waals surface area contributed by atoms with Gasteiger partial charge in [-0.25, -0.2) is 9.59 Å². The van der Waals surface area contributed by atoms with E-state index in [0.717, 1.165) is 0 Å². The van der Waals surface area contributed by atoms with Gasteiger partial charge < -0.3 is 14.5 Å². The molecular weight excluding hydrogens is 226 g/mol. The van der Waals surface area contributed by atoms with E-state index in [1.54, 1.807) is 13.8 Å². The summed E-state index contributed by atoms with van der Waals surface area (Å²) in [6, 6.07) is -0.994. The zero-order valence-electron chi connectivity index (χ0n) is 10.6. The summed E-state index contributed by atoms with van der Waals surface area (Å²) >= 11 is 0. The van der Waals surface area contributed by atoms with E-state index in [-0.39, 0.29) is 13.2 Å². The molecule has 0 aliphatic heterocycles. The molecule has 0 saturated carbocycles. The molecule has 0 bridgehead atoms. The van der Waals surface area contributed by atoms with Crippen LogP contribution in [0.15, 0.2) is 0 Å². The lowest BCUT2D eigenvalue weighted by atomic mass is 10.3.